The Morgan fingerprint density at radius 1 is 1.03 bits per heavy atom. The minimum Gasteiger partial charge on any atom is -0.481 e. The van der Waals surface area contributed by atoms with E-state index in [4.69, 9.17) is 5.11 Å². The third-order valence-corrected chi connectivity index (χ3v) is 5.76. The van der Waals surface area contributed by atoms with Gasteiger partial charge in [0.1, 0.15) is 5.82 Å². The summed E-state index contributed by atoms with van der Waals surface area (Å²) in [6.45, 7) is 4.11. The number of aromatic nitrogens is 3. The molecule has 0 fully saturated rings. The minimum absolute atomic E-state index is 0.0582. The Bertz CT molecular complexity index is 1190. The molecule has 0 saturated carbocycles. The van der Waals surface area contributed by atoms with Gasteiger partial charge in [0.15, 0.2) is 5.16 Å². The van der Waals surface area contributed by atoms with Gasteiger partial charge >= 0.3 is 5.97 Å². The van der Waals surface area contributed by atoms with Gasteiger partial charge in [-0.1, -0.05) is 71.9 Å². The molecule has 1 aromatic heterocycles. The van der Waals surface area contributed by atoms with Crippen LogP contribution in [0.4, 0.5) is 0 Å². The Morgan fingerprint density at radius 2 is 1.83 bits per heavy atom. The molecule has 4 rings (SSSR count). The molecular formula is C23H21N3O2S. The van der Waals surface area contributed by atoms with Crippen LogP contribution in [0.1, 0.15) is 22.5 Å². The number of carboxylic acid groups (broad SMARTS) is 1. The molecule has 0 radical (unpaired) electrons. The van der Waals surface area contributed by atoms with Crippen molar-refractivity contribution in [1.29, 1.82) is 0 Å². The van der Waals surface area contributed by atoms with E-state index in [2.05, 4.69) is 66.5 Å². The lowest BCUT2D eigenvalue weighted by molar-refractivity contribution is -0.133. The van der Waals surface area contributed by atoms with Gasteiger partial charge in [0, 0.05) is 6.42 Å². The highest BCUT2D eigenvalue weighted by Gasteiger charge is 2.18. The second kappa shape index (κ2) is 8.09. The number of hydrogen-bond acceptors (Lipinski definition) is 4. The molecule has 0 bridgehead atoms. The first-order valence-corrected chi connectivity index (χ1v) is 10.3. The molecule has 29 heavy (non-hydrogen) atoms. The zero-order valence-electron chi connectivity index (χ0n) is 16.3. The lowest BCUT2D eigenvalue weighted by Crippen LogP contribution is -2.07. The average molecular weight is 404 g/mol. The number of carboxylic acids is 1. The van der Waals surface area contributed by atoms with Crippen molar-refractivity contribution in [2.75, 3.05) is 5.75 Å². The number of rotatable bonds is 6. The monoisotopic (exact) mass is 403 g/mol. The van der Waals surface area contributed by atoms with E-state index in [1.807, 2.05) is 22.8 Å². The van der Waals surface area contributed by atoms with Crippen molar-refractivity contribution in [3.63, 3.8) is 0 Å². The Labute approximate surface area is 173 Å². The fourth-order valence-electron chi connectivity index (χ4n) is 3.55. The maximum Gasteiger partial charge on any atom is 0.313 e. The average Bonchev–Trinajstić information content (AvgIpc) is 3.09. The van der Waals surface area contributed by atoms with Crippen molar-refractivity contribution < 1.29 is 9.90 Å². The number of thioether (sulfide) groups is 1. The predicted molar refractivity (Wildman–Crippen MR) is 116 cm³/mol. The van der Waals surface area contributed by atoms with Crippen LogP contribution < -0.4 is 0 Å². The van der Waals surface area contributed by atoms with Crippen LogP contribution in [0.15, 0.2) is 65.8 Å². The molecule has 1 N–H and O–H groups in total. The number of benzene rings is 3. The van der Waals surface area contributed by atoms with Crippen molar-refractivity contribution in [2.45, 2.75) is 25.4 Å². The molecule has 0 amide bonds. The number of carbonyl (C=O) groups is 1. The van der Waals surface area contributed by atoms with Crippen LogP contribution in [0.5, 0.6) is 0 Å². The molecule has 0 aliphatic rings. The molecule has 5 nitrogen and oxygen atoms in total. The van der Waals surface area contributed by atoms with Crippen LogP contribution in [-0.4, -0.2) is 31.6 Å². The zero-order chi connectivity index (χ0) is 20.4. The van der Waals surface area contributed by atoms with Gasteiger partial charge in [-0.2, -0.15) is 0 Å². The standard InChI is InChI=1S/C23H21N3O2S/c1-15-10-11-20(16(2)12-15)26-21(24-25-23(26)29-14-22(27)28)13-18-8-5-7-17-6-3-4-9-19(17)18/h3-12H,13-14H2,1-2H3,(H,27,28). The van der Waals surface area contributed by atoms with Crippen molar-refractivity contribution >= 4 is 28.5 Å². The van der Waals surface area contributed by atoms with Gasteiger partial charge in [-0.15, -0.1) is 10.2 Å². The Balaban J connectivity index is 1.81. The fourth-order valence-corrected chi connectivity index (χ4v) is 4.23. The first kappa shape index (κ1) is 19.2. The van der Waals surface area contributed by atoms with Crippen molar-refractivity contribution in [3.8, 4) is 5.69 Å². The molecule has 3 aromatic carbocycles. The van der Waals surface area contributed by atoms with E-state index in [1.165, 1.54) is 28.1 Å². The van der Waals surface area contributed by atoms with Gasteiger partial charge in [-0.05, 0) is 41.8 Å². The molecule has 0 aliphatic heterocycles. The SMILES string of the molecule is Cc1ccc(-n2c(Cc3cccc4ccccc34)nnc2SCC(=O)O)c(C)c1. The molecular weight excluding hydrogens is 382 g/mol. The van der Waals surface area contributed by atoms with Crippen molar-refractivity contribution in [1.82, 2.24) is 14.8 Å². The van der Waals surface area contributed by atoms with E-state index in [0.29, 0.717) is 11.6 Å². The van der Waals surface area contributed by atoms with E-state index in [1.54, 1.807) is 0 Å². The van der Waals surface area contributed by atoms with Gasteiger partial charge in [0.05, 0.1) is 11.4 Å². The first-order valence-electron chi connectivity index (χ1n) is 9.36. The summed E-state index contributed by atoms with van der Waals surface area (Å²) in [5.41, 5.74) is 4.41. The summed E-state index contributed by atoms with van der Waals surface area (Å²) in [6, 6.07) is 20.7. The summed E-state index contributed by atoms with van der Waals surface area (Å²) >= 11 is 1.19. The van der Waals surface area contributed by atoms with Crippen LogP contribution in [0.25, 0.3) is 16.5 Å². The highest BCUT2D eigenvalue weighted by atomic mass is 32.2. The number of aryl methyl sites for hydroxylation is 2. The summed E-state index contributed by atoms with van der Waals surface area (Å²) in [4.78, 5) is 11.1. The van der Waals surface area contributed by atoms with Gasteiger partial charge < -0.3 is 5.11 Å². The van der Waals surface area contributed by atoms with E-state index in [9.17, 15) is 4.79 Å². The van der Waals surface area contributed by atoms with Crippen LogP contribution in [0.3, 0.4) is 0 Å². The smallest absolute Gasteiger partial charge is 0.313 e. The van der Waals surface area contributed by atoms with E-state index >= 15 is 0 Å². The van der Waals surface area contributed by atoms with Gasteiger partial charge in [0.2, 0.25) is 0 Å². The minimum atomic E-state index is -0.874. The number of aliphatic carboxylic acids is 1. The third kappa shape index (κ3) is 4.03. The molecule has 0 atom stereocenters. The van der Waals surface area contributed by atoms with Gasteiger partial charge in [0.25, 0.3) is 0 Å². The van der Waals surface area contributed by atoms with Gasteiger partial charge in [-0.25, -0.2) is 0 Å². The summed E-state index contributed by atoms with van der Waals surface area (Å²) in [6.07, 6.45) is 0.606. The Kier molecular flexibility index (Phi) is 5.36. The third-order valence-electron chi connectivity index (χ3n) is 4.85. The maximum absolute atomic E-state index is 11.1. The number of fused-ring (bicyclic) bond motifs is 1. The molecule has 0 spiro atoms. The molecule has 146 valence electrons. The summed E-state index contributed by atoms with van der Waals surface area (Å²) in [5.74, 6) is -0.140. The Morgan fingerprint density at radius 3 is 2.62 bits per heavy atom. The second-order valence-electron chi connectivity index (χ2n) is 7.02. The van der Waals surface area contributed by atoms with Crippen molar-refractivity contribution in [3.05, 3.63) is 83.2 Å². The maximum atomic E-state index is 11.1. The molecule has 0 saturated heterocycles. The number of hydrogen-bond donors (Lipinski definition) is 1. The highest BCUT2D eigenvalue weighted by Crippen LogP contribution is 2.27. The fraction of sp³-hybridized carbons (Fsp3) is 0.174. The summed E-state index contributed by atoms with van der Waals surface area (Å²) < 4.78 is 1.99. The first-order chi connectivity index (χ1) is 14.0. The molecule has 0 aliphatic carbocycles. The second-order valence-corrected chi connectivity index (χ2v) is 7.96. The molecule has 6 heteroatoms. The van der Waals surface area contributed by atoms with E-state index < -0.39 is 5.97 Å². The molecule has 0 unspecified atom stereocenters. The van der Waals surface area contributed by atoms with E-state index in [-0.39, 0.29) is 5.75 Å². The quantitative estimate of drug-likeness (QED) is 0.468. The van der Waals surface area contributed by atoms with E-state index in [0.717, 1.165) is 22.6 Å². The van der Waals surface area contributed by atoms with Gasteiger partial charge in [-0.3, -0.25) is 9.36 Å². The normalized spacial score (nSPS) is 11.1. The van der Waals surface area contributed by atoms with Crippen LogP contribution in [0.2, 0.25) is 0 Å². The highest BCUT2D eigenvalue weighted by molar-refractivity contribution is 7.99. The van der Waals surface area contributed by atoms with Crippen LogP contribution in [-0.2, 0) is 11.2 Å². The summed E-state index contributed by atoms with van der Waals surface area (Å²) in [7, 11) is 0. The largest absolute Gasteiger partial charge is 0.481 e. The van der Waals surface area contributed by atoms with Crippen molar-refractivity contribution in [2.24, 2.45) is 0 Å². The zero-order valence-corrected chi connectivity index (χ0v) is 17.1. The van der Waals surface area contributed by atoms with Crippen LogP contribution >= 0.6 is 11.8 Å². The lowest BCUT2D eigenvalue weighted by atomic mass is 10.0. The lowest BCUT2D eigenvalue weighted by Gasteiger charge is -2.14. The topological polar surface area (TPSA) is 68.0 Å². The molecule has 1 heterocycles. The predicted octanol–water partition coefficient (Wildman–Crippen LogP) is 4.80. The van der Waals surface area contributed by atoms with Crippen LogP contribution in [0, 0.1) is 13.8 Å². The Hall–Kier alpha value is -3.12. The summed E-state index contributed by atoms with van der Waals surface area (Å²) in [5, 5.41) is 20.8. The number of nitrogens with zero attached hydrogens (tertiary/aromatic N) is 3. The molecule has 4 aromatic rings.